The molecule has 3 rings (SSSR count). The molecule has 2 aromatic rings. The van der Waals surface area contributed by atoms with Gasteiger partial charge in [0, 0.05) is 23.5 Å². The van der Waals surface area contributed by atoms with Gasteiger partial charge in [-0.1, -0.05) is 6.92 Å². The largest absolute Gasteiger partial charge is 0.450 e. The first kappa shape index (κ1) is 29.7. The Kier molecular flexibility index (Phi) is 10.1. The Labute approximate surface area is 230 Å². The summed E-state index contributed by atoms with van der Waals surface area (Å²) in [5.41, 5.74) is 1.09. The molecule has 39 heavy (non-hydrogen) atoms. The molecule has 0 aliphatic carbocycles. The summed E-state index contributed by atoms with van der Waals surface area (Å²) in [6, 6.07) is 8.45. The Morgan fingerprint density at radius 3 is 2.36 bits per heavy atom. The van der Waals surface area contributed by atoms with Crippen molar-refractivity contribution >= 4 is 44.3 Å². The molecule has 0 fully saturated rings. The summed E-state index contributed by atoms with van der Waals surface area (Å²) in [6.45, 7) is 5.03. The fourth-order valence-electron chi connectivity index (χ4n) is 4.10. The summed E-state index contributed by atoms with van der Waals surface area (Å²) in [5.74, 6) is -1.26. The Morgan fingerprint density at radius 2 is 1.77 bits per heavy atom. The molecular formula is C25H28N6O6S2. The number of rotatable bonds is 10. The van der Waals surface area contributed by atoms with Gasteiger partial charge in [-0.05, 0) is 56.1 Å². The number of anilines is 1. The quantitative estimate of drug-likeness (QED) is 0.406. The van der Waals surface area contributed by atoms with E-state index in [0.717, 1.165) is 34.3 Å². The zero-order valence-electron chi connectivity index (χ0n) is 21.5. The topological polar surface area (TPSA) is 173 Å². The van der Waals surface area contributed by atoms with E-state index in [-0.39, 0.29) is 27.6 Å². The number of fused-ring (bicyclic) bond motifs is 1. The molecule has 1 aromatic heterocycles. The van der Waals surface area contributed by atoms with Gasteiger partial charge in [-0.25, -0.2) is 13.2 Å². The molecule has 0 bridgehead atoms. The standard InChI is InChI=1S/C25H28N6O6S2/c1-3-12-30-13-9-19-20(16-30)38-24(21(19)23(33)29-25(34)37-4-2)28-22(32)17-5-7-18(8-6-17)39(35,36)31(14-10-26)15-11-27/h5-8H,3-4,9,12-16H2,1-2H3,(H,28,32)(H,29,33,34). The number of nitrogens with one attached hydrogen (secondary N) is 2. The number of amides is 3. The molecule has 0 atom stereocenters. The number of imide groups is 1. The molecule has 1 aliphatic rings. The highest BCUT2D eigenvalue weighted by atomic mass is 32.2. The van der Waals surface area contributed by atoms with Crippen LogP contribution >= 0.6 is 11.3 Å². The fraction of sp³-hybridized carbons (Fsp3) is 0.400. The minimum Gasteiger partial charge on any atom is -0.450 e. The molecule has 1 aromatic carbocycles. The molecule has 2 heterocycles. The van der Waals surface area contributed by atoms with Gasteiger partial charge in [-0.15, -0.1) is 11.3 Å². The average molecular weight is 573 g/mol. The molecule has 3 amide bonds. The van der Waals surface area contributed by atoms with E-state index in [4.69, 9.17) is 15.3 Å². The van der Waals surface area contributed by atoms with Crippen LogP contribution in [0.5, 0.6) is 0 Å². The molecule has 2 N–H and O–H groups in total. The molecule has 0 unspecified atom stereocenters. The predicted octanol–water partition coefficient (Wildman–Crippen LogP) is 2.69. The van der Waals surface area contributed by atoms with Crippen LogP contribution in [0.3, 0.4) is 0 Å². The number of carbonyl (C=O) groups is 3. The summed E-state index contributed by atoms with van der Waals surface area (Å²) < 4.78 is 31.1. The van der Waals surface area contributed by atoms with Crippen LogP contribution in [0.15, 0.2) is 29.2 Å². The van der Waals surface area contributed by atoms with Gasteiger partial charge in [0.1, 0.15) is 18.1 Å². The van der Waals surface area contributed by atoms with E-state index >= 15 is 0 Å². The van der Waals surface area contributed by atoms with Crippen molar-refractivity contribution in [1.82, 2.24) is 14.5 Å². The molecule has 0 spiro atoms. The average Bonchev–Trinajstić information content (AvgIpc) is 3.26. The number of hydrogen-bond donors (Lipinski definition) is 2. The highest BCUT2D eigenvalue weighted by molar-refractivity contribution is 7.89. The van der Waals surface area contributed by atoms with Crippen molar-refractivity contribution in [2.45, 2.75) is 38.1 Å². The summed E-state index contributed by atoms with van der Waals surface area (Å²) in [6.07, 6.45) is 0.653. The van der Waals surface area contributed by atoms with Gasteiger partial charge in [0.15, 0.2) is 0 Å². The zero-order chi connectivity index (χ0) is 28.6. The van der Waals surface area contributed by atoms with Crippen LogP contribution in [0.4, 0.5) is 9.80 Å². The minimum absolute atomic E-state index is 0.0902. The number of hydrogen-bond acceptors (Lipinski definition) is 10. The van der Waals surface area contributed by atoms with Crippen molar-refractivity contribution in [3.8, 4) is 12.1 Å². The summed E-state index contributed by atoms with van der Waals surface area (Å²) in [4.78, 5) is 41.1. The van der Waals surface area contributed by atoms with E-state index in [2.05, 4.69) is 22.5 Å². The molecule has 12 nitrogen and oxygen atoms in total. The van der Waals surface area contributed by atoms with Crippen molar-refractivity contribution in [3.63, 3.8) is 0 Å². The molecular weight excluding hydrogens is 544 g/mol. The Hall–Kier alpha value is -3.82. The number of ether oxygens (including phenoxy) is 1. The Bertz CT molecular complexity index is 1410. The summed E-state index contributed by atoms with van der Waals surface area (Å²) in [7, 11) is -4.12. The molecule has 0 radical (unpaired) electrons. The Balaban J connectivity index is 1.88. The van der Waals surface area contributed by atoms with Crippen molar-refractivity contribution in [1.29, 1.82) is 10.5 Å². The van der Waals surface area contributed by atoms with E-state index < -0.39 is 41.0 Å². The van der Waals surface area contributed by atoms with Crippen molar-refractivity contribution in [2.75, 3.05) is 38.1 Å². The highest BCUT2D eigenvalue weighted by Gasteiger charge is 2.30. The van der Waals surface area contributed by atoms with Gasteiger partial charge in [0.2, 0.25) is 10.0 Å². The van der Waals surface area contributed by atoms with Gasteiger partial charge >= 0.3 is 6.09 Å². The van der Waals surface area contributed by atoms with Crippen molar-refractivity contribution in [3.05, 3.63) is 45.8 Å². The van der Waals surface area contributed by atoms with Crippen LogP contribution in [-0.4, -0.2) is 68.3 Å². The SMILES string of the molecule is CCCN1CCc2c(sc(NC(=O)c3ccc(S(=O)(=O)N(CC#N)CC#N)cc3)c2C(=O)NC(=O)OCC)C1. The number of benzene rings is 1. The second-order valence-electron chi connectivity index (χ2n) is 8.48. The first-order chi connectivity index (χ1) is 18.7. The molecule has 0 saturated carbocycles. The molecule has 0 saturated heterocycles. The van der Waals surface area contributed by atoms with Crippen LogP contribution in [0.2, 0.25) is 0 Å². The van der Waals surface area contributed by atoms with E-state index in [9.17, 15) is 22.8 Å². The van der Waals surface area contributed by atoms with E-state index in [1.807, 2.05) is 0 Å². The lowest BCUT2D eigenvalue weighted by atomic mass is 10.0. The van der Waals surface area contributed by atoms with Crippen LogP contribution in [0, 0.1) is 22.7 Å². The second kappa shape index (κ2) is 13.3. The number of sulfonamides is 1. The minimum atomic E-state index is -4.12. The third kappa shape index (κ3) is 6.99. The third-order valence-corrected chi connectivity index (χ3v) is 8.81. The molecule has 1 aliphatic heterocycles. The van der Waals surface area contributed by atoms with Crippen LogP contribution < -0.4 is 10.6 Å². The maximum Gasteiger partial charge on any atom is 0.414 e. The maximum atomic E-state index is 13.1. The van der Waals surface area contributed by atoms with Gasteiger partial charge < -0.3 is 10.1 Å². The number of nitrogens with zero attached hydrogens (tertiary/aromatic N) is 4. The predicted molar refractivity (Wildman–Crippen MR) is 142 cm³/mol. The Morgan fingerprint density at radius 1 is 1.10 bits per heavy atom. The number of nitriles is 2. The lowest BCUT2D eigenvalue weighted by Crippen LogP contribution is -2.34. The third-order valence-electron chi connectivity index (χ3n) is 5.87. The lowest BCUT2D eigenvalue weighted by molar-refractivity contribution is 0.0924. The van der Waals surface area contributed by atoms with Gasteiger partial charge in [0.25, 0.3) is 11.8 Å². The van der Waals surface area contributed by atoms with Gasteiger partial charge in [-0.2, -0.15) is 14.8 Å². The number of carbonyl (C=O) groups excluding carboxylic acids is 3. The van der Waals surface area contributed by atoms with Crippen molar-refractivity contribution < 1.29 is 27.5 Å². The van der Waals surface area contributed by atoms with E-state index in [1.165, 1.54) is 35.6 Å². The first-order valence-electron chi connectivity index (χ1n) is 12.2. The summed E-state index contributed by atoms with van der Waals surface area (Å²) in [5, 5.41) is 23.0. The zero-order valence-corrected chi connectivity index (χ0v) is 23.2. The molecule has 14 heteroatoms. The lowest BCUT2D eigenvalue weighted by Gasteiger charge is -2.26. The normalized spacial score (nSPS) is 13.2. The van der Waals surface area contributed by atoms with Gasteiger partial charge in [-0.3, -0.25) is 19.8 Å². The van der Waals surface area contributed by atoms with Crippen molar-refractivity contribution in [2.24, 2.45) is 0 Å². The number of alkyl carbamates (subject to hydrolysis) is 1. The maximum absolute atomic E-state index is 13.1. The van der Waals surface area contributed by atoms with Crippen LogP contribution in [0.1, 0.15) is 51.4 Å². The second-order valence-corrected chi connectivity index (χ2v) is 11.5. The fourth-order valence-corrected chi connectivity index (χ4v) is 6.62. The molecule has 206 valence electrons. The first-order valence-corrected chi connectivity index (χ1v) is 14.4. The summed E-state index contributed by atoms with van der Waals surface area (Å²) >= 11 is 1.26. The van der Waals surface area contributed by atoms with E-state index in [1.54, 1.807) is 19.1 Å². The number of thiophene rings is 1. The van der Waals surface area contributed by atoms with E-state index in [0.29, 0.717) is 13.0 Å². The van der Waals surface area contributed by atoms with Crippen LogP contribution in [0.25, 0.3) is 0 Å². The van der Waals surface area contributed by atoms with Crippen LogP contribution in [-0.2, 0) is 27.7 Å². The van der Waals surface area contributed by atoms with Gasteiger partial charge in [0.05, 0.1) is 29.2 Å². The smallest absolute Gasteiger partial charge is 0.414 e. The highest BCUT2D eigenvalue weighted by Crippen LogP contribution is 2.37. The monoisotopic (exact) mass is 572 g/mol.